The van der Waals surface area contributed by atoms with Crippen LogP contribution in [-0.2, 0) is 4.79 Å². The summed E-state index contributed by atoms with van der Waals surface area (Å²) >= 11 is 1.20. The Kier molecular flexibility index (Phi) is 4.12. The van der Waals surface area contributed by atoms with E-state index in [4.69, 9.17) is 0 Å². The number of hydrogen-bond acceptors (Lipinski definition) is 4. The second-order valence-corrected chi connectivity index (χ2v) is 5.29. The Hall–Kier alpha value is -1.30. The molecule has 0 unspecified atom stereocenters. The van der Waals surface area contributed by atoms with E-state index >= 15 is 0 Å². The van der Waals surface area contributed by atoms with E-state index in [1.165, 1.54) is 24.0 Å². The molecule has 5 nitrogen and oxygen atoms in total. The van der Waals surface area contributed by atoms with Gasteiger partial charge >= 0.3 is 0 Å². The lowest BCUT2D eigenvalue weighted by Gasteiger charge is -2.20. The molecule has 1 amide bonds. The molecule has 1 rings (SSSR count). The molecular weight excluding hydrogens is 226 g/mol. The second kappa shape index (κ2) is 5.16. The summed E-state index contributed by atoms with van der Waals surface area (Å²) in [6, 6.07) is 1.33. The third-order valence-electron chi connectivity index (χ3n) is 1.50. The molecule has 0 aromatic carbocycles. The Morgan fingerprint density at radius 2 is 2.25 bits per heavy atom. The average molecular weight is 241 g/mol. The lowest BCUT2D eigenvalue weighted by atomic mass is 10.1. The lowest BCUT2D eigenvalue weighted by molar-refractivity contribution is -0.119. The van der Waals surface area contributed by atoms with Crippen molar-refractivity contribution in [1.82, 2.24) is 15.3 Å². The van der Waals surface area contributed by atoms with Crippen molar-refractivity contribution < 1.29 is 4.79 Å². The first-order valence-corrected chi connectivity index (χ1v) is 5.84. The summed E-state index contributed by atoms with van der Waals surface area (Å²) in [5.41, 5.74) is -0.455. The molecule has 2 N–H and O–H groups in total. The second-order valence-electron chi connectivity index (χ2n) is 4.33. The molecule has 0 atom stereocenters. The number of nitrogens with one attached hydrogen (secondary N) is 2. The van der Waals surface area contributed by atoms with Gasteiger partial charge in [-0.2, -0.15) is 0 Å². The van der Waals surface area contributed by atoms with Crippen LogP contribution >= 0.6 is 11.8 Å². The van der Waals surface area contributed by atoms with Gasteiger partial charge in [-0.25, -0.2) is 4.98 Å². The number of H-pyrrole nitrogens is 1. The minimum Gasteiger partial charge on any atom is -0.351 e. The van der Waals surface area contributed by atoms with Crippen LogP contribution in [0.25, 0.3) is 0 Å². The maximum atomic E-state index is 11.5. The van der Waals surface area contributed by atoms with Crippen molar-refractivity contribution in [2.75, 3.05) is 5.75 Å². The van der Waals surface area contributed by atoms with Crippen LogP contribution in [0.5, 0.6) is 0 Å². The standard InChI is InChI=1S/C10H15N3O2S/c1-10(2,3)13-8(15)6-16-9-11-5-4-7(14)12-9/h4-5H,6H2,1-3H3,(H,13,15)(H,11,12,14). The summed E-state index contributed by atoms with van der Waals surface area (Å²) < 4.78 is 0. The van der Waals surface area contributed by atoms with Crippen molar-refractivity contribution in [1.29, 1.82) is 0 Å². The number of carbonyl (C=O) groups is 1. The number of thioether (sulfide) groups is 1. The van der Waals surface area contributed by atoms with Crippen LogP contribution in [0, 0.1) is 0 Å². The van der Waals surface area contributed by atoms with Gasteiger partial charge < -0.3 is 10.3 Å². The smallest absolute Gasteiger partial charge is 0.251 e. The predicted molar refractivity (Wildman–Crippen MR) is 63.5 cm³/mol. The number of rotatable bonds is 3. The van der Waals surface area contributed by atoms with Gasteiger partial charge in [0.15, 0.2) is 5.16 Å². The quantitative estimate of drug-likeness (QED) is 0.605. The Morgan fingerprint density at radius 3 is 2.81 bits per heavy atom. The van der Waals surface area contributed by atoms with Gasteiger partial charge in [-0.3, -0.25) is 9.59 Å². The summed E-state index contributed by atoms with van der Waals surface area (Å²) in [5, 5.41) is 3.28. The SMILES string of the molecule is CC(C)(C)NC(=O)CSc1nccc(=O)[nH]1. The van der Waals surface area contributed by atoms with Gasteiger partial charge in [0.1, 0.15) is 0 Å². The lowest BCUT2D eigenvalue weighted by Crippen LogP contribution is -2.41. The van der Waals surface area contributed by atoms with Crippen molar-refractivity contribution in [2.24, 2.45) is 0 Å². The van der Waals surface area contributed by atoms with Crippen LogP contribution in [0.3, 0.4) is 0 Å². The number of hydrogen-bond donors (Lipinski definition) is 2. The molecule has 0 bridgehead atoms. The largest absolute Gasteiger partial charge is 0.351 e. The highest BCUT2D eigenvalue weighted by Crippen LogP contribution is 2.10. The summed E-state index contributed by atoms with van der Waals surface area (Å²) in [5.74, 6) is 0.161. The van der Waals surface area contributed by atoms with Crippen LogP contribution < -0.4 is 10.9 Å². The Morgan fingerprint density at radius 1 is 1.56 bits per heavy atom. The van der Waals surface area contributed by atoms with Gasteiger partial charge in [0, 0.05) is 17.8 Å². The van der Waals surface area contributed by atoms with Crippen LogP contribution in [-0.4, -0.2) is 27.2 Å². The van der Waals surface area contributed by atoms with Crippen LogP contribution in [0.1, 0.15) is 20.8 Å². The first-order valence-electron chi connectivity index (χ1n) is 4.86. The summed E-state index contributed by atoms with van der Waals surface area (Å²) in [4.78, 5) is 28.9. The molecule has 0 aliphatic carbocycles. The molecule has 1 aromatic rings. The topological polar surface area (TPSA) is 74.8 Å². The van der Waals surface area contributed by atoms with Crippen molar-refractivity contribution in [3.8, 4) is 0 Å². The van der Waals surface area contributed by atoms with E-state index in [2.05, 4.69) is 15.3 Å². The van der Waals surface area contributed by atoms with Gasteiger partial charge in [-0.05, 0) is 20.8 Å². The molecule has 0 aliphatic heterocycles. The van der Waals surface area contributed by atoms with Gasteiger partial charge in [0.2, 0.25) is 5.91 Å². The predicted octanol–water partition coefficient (Wildman–Crippen LogP) is 0.777. The molecule has 0 spiro atoms. The average Bonchev–Trinajstić information content (AvgIpc) is 2.12. The zero-order valence-corrected chi connectivity index (χ0v) is 10.4. The molecule has 0 saturated heterocycles. The van der Waals surface area contributed by atoms with Crippen LogP contribution in [0.2, 0.25) is 0 Å². The van der Waals surface area contributed by atoms with E-state index in [1.54, 1.807) is 0 Å². The summed E-state index contributed by atoms with van der Waals surface area (Å²) in [6.07, 6.45) is 1.42. The highest BCUT2D eigenvalue weighted by molar-refractivity contribution is 7.99. The molecule has 1 aromatic heterocycles. The van der Waals surface area contributed by atoms with Crippen LogP contribution in [0.4, 0.5) is 0 Å². The van der Waals surface area contributed by atoms with E-state index in [0.717, 1.165) is 0 Å². The van der Waals surface area contributed by atoms with E-state index in [1.807, 2.05) is 20.8 Å². The van der Waals surface area contributed by atoms with E-state index in [-0.39, 0.29) is 22.8 Å². The first kappa shape index (κ1) is 12.8. The molecule has 0 radical (unpaired) electrons. The van der Waals surface area contributed by atoms with Gasteiger partial charge in [0.05, 0.1) is 5.75 Å². The molecule has 0 aliphatic rings. The minimum atomic E-state index is -0.241. The number of carbonyl (C=O) groups excluding carboxylic acids is 1. The highest BCUT2D eigenvalue weighted by atomic mass is 32.2. The number of nitrogens with zero attached hydrogens (tertiary/aromatic N) is 1. The minimum absolute atomic E-state index is 0.0796. The van der Waals surface area contributed by atoms with Crippen LogP contribution in [0.15, 0.2) is 22.2 Å². The molecule has 16 heavy (non-hydrogen) atoms. The van der Waals surface area contributed by atoms with Gasteiger partial charge in [0.25, 0.3) is 5.56 Å². The fourth-order valence-electron chi connectivity index (χ4n) is 1.01. The molecular formula is C10H15N3O2S. The third kappa shape index (κ3) is 4.97. The Balaban J connectivity index is 2.46. The molecule has 0 fully saturated rings. The van der Waals surface area contributed by atoms with Crippen molar-refractivity contribution in [3.63, 3.8) is 0 Å². The van der Waals surface area contributed by atoms with E-state index < -0.39 is 0 Å². The molecule has 6 heteroatoms. The maximum absolute atomic E-state index is 11.5. The maximum Gasteiger partial charge on any atom is 0.251 e. The third-order valence-corrected chi connectivity index (χ3v) is 2.39. The van der Waals surface area contributed by atoms with E-state index in [9.17, 15) is 9.59 Å². The summed E-state index contributed by atoms with van der Waals surface area (Å²) in [7, 11) is 0. The fraction of sp³-hybridized carbons (Fsp3) is 0.500. The zero-order chi connectivity index (χ0) is 12.2. The van der Waals surface area contributed by atoms with Crippen molar-refractivity contribution >= 4 is 17.7 Å². The fourth-order valence-corrected chi connectivity index (χ4v) is 1.66. The summed E-state index contributed by atoms with van der Waals surface area (Å²) in [6.45, 7) is 5.74. The van der Waals surface area contributed by atoms with E-state index in [0.29, 0.717) is 5.16 Å². The highest BCUT2D eigenvalue weighted by Gasteiger charge is 2.13. The Labute approximate surface area is 98.1 Å². The normalized spacial score (nSPS) is 11.2. The Bertz CT molecular complexity index is 423. The van der Waals surface area contributed by atoms with Crippen molar-refractivity contribution in [2.45, 2.75) is 31.5 Å². The van der Waals surface area contributed by atoms with Gasteiger partial charge in [-0.1, -0.05) is 11.8 Å². The molecule has 88 valence electrons. The number of amides is 1. The zero-order valence-electron chi connectivity index (χ0n) is 9.53. The van der Waals surface area contributed by atoms with Crippen molar-refractivity contribution in [3.05, 3.63) is 22.6 Å². The monoisotopic (exact) mass is 241 g/mol. The molecule has 0 saturated carbocycles. The first-order chi connectivity index (χ1) is 7.37. The number of aromatic amines is 1. The number of aromatic nitrogens is 2. The van der Waals surface area contributed by atoms with Gasteiger partial charge in [-0.15, -0.1) is 0 Å². The molecule has 1 heterocycles.